The molecule has 25 heavy (non-hydrogen) atoms. The average molecular weight is 346 g/mol. The van der Waals surface area contributed by atoms with E-state index in [0.717, 1.165) is 17.6 Å². The lowest BCUT2D eigenvalue weighted by molar-refractivity contribution is -0.148. The van der Waals surface area contributed by atoms with Crippen LogP contribution in [0, 0.1) is 12.8 Å². The number of cyclic esters (lactones) is 2. The molecule has 1 unspecified atom stereocenters. The summed E-state index contributed by atoms with van der Waals surface area (Å²) >= 11 is 0. The first-order valence-electron chi connectivity index (χ1n) is 8.34. The van der Waals surface area contributed by atoms with Gasteiger partial charge in [-0.25, -0.2) is 4.79 Å². The van der Waals surface area contributed by atoms with E-state index in [2.05, 4.69) is 0 Å². The lowest BCUT2D eigenvalue weighted by Crippen LogP contribution is -2.21. The number of rotatable bonds is 4. The maximum atomic E-state index is 11.9. The third kappa shape index (κ3) is 3.08. The molecule has 6 heteroatoms. The van der Waals surface area contributed by atoms with Gasteiger partial charge in [-0.05, 0) is 38.2 Å². The molecule has 1 N–H and O–H groups in total. The molecule has 1 aromatic rings. The molecule has 134 valence electrons. The fourth-order valence-electron chi connectivity index (χ4n) is 3.52. The number of carbonyl (C=O) groups is 2. The number of methoxy groups -OCH3 is 1. The Balaban J connectivity index is 1.93. The first-order chi connectivity index (χ1) is 11.9. The lowest BCUT2D eigenvalue weighted by Gasteiger charge is -2.22. The van der Waals surface area contributed by atoms with Gasteiger partial charge in [0.05, 0.1) is 20.1 Å². The fourth-order valence-corrected chi connectivity index (χ4v) is 3.52. The van der Waals surface area contributed by atoms with Gasteiger partial charge >= 0.3 is 11.9 Å². The van der Waals surface area contributed by atoms with Gasteiger partial charge in [-0.1, -0.05) is 11.6 Å². The summed E-state index contributed by atoms with van der Waals surface area (Å²) in [6.07, 6.45) is 3.56. The van der Waals surface area contributed by atoms with Crippen LogP contribution in [0.5, 0.6) is 11.5 Å². The Morgan fingerprint density at radius 1 is 1.36 bits per heavy atom. The van der Waals surface area contributed by atoms with Crippen LogP contribution in [0.1, 0.15) is 46.8 Å². The highest BCUT2D eigenvalue weighted by molar-refractivity contribution is 5.98. The molecule has 2 aliphatic heterocycles. The minimum atomic E-state index is -0.504. The highest BCUT2D eigenvalue weighted by Crippen LogP contribution is 2.42. The Labute approximate surface area is 146 Å². The van der Waals surface area contributed by atoms with E-state index in [1.54, 1.807) is 7.11 Å². The fraction of sp³-hybridized carbons (Fsp3) is 0.474. The van der Waals surface area contributed by atoms with Crippen LogP contribution in [0.3, 0.4) is 0 Å². The van der Waals surface area contributed by atoms with Crippen molar-refractivity contribution < 1.29 is 28.9 Å². The van der Waals surface area contributed by atoms with Crippen LogP contribution in [-0.4, -0.2) is 30.8 Å². The van der Waals surface area contributed by atoms with E-state index < -0.39 is 5.97 Å². The Kier molecular flexibility index (Phi) is 4.70. The van der Waals surface area contributed by atoms with Crippen molar-refractivity contribution in [3.8, 4) is 11.5 Å². The Bertz CT molecular complexity index is 762. The van der Waals surface area contributed by atoms with Gasteiger partial charge in [0.25, 0.3) is 0 Å². The molecular weight excluding hydrogens is 324 g/mol. The molecule has 3 rings (SSSR count). The van der Waals surface area contributed by atoms with Crippen molar-refractivity contribution in [2.24, 2.45) is 5.92 Å². The predicted octanol–water partition coefficient (Wildman–Crippen LogP) is 2.82. The third-order valence-corrected chi connectivity index (χ3v) is 5.06. The molecule has 0 aromatic heterocycles. The second-order valence-corrected chi connectivity index (χ2v) is 6.48. The molecule has 0 amide bonds. The Hall–Kier alpha value is -2.50. The van der Waals surface area contributed by atoms with Gasteiger partial charge < -0.3 is 19.3 Å². The molecule has 1 aromatic carbocycles. The number of ether oxygens (including phenoxy) is 3. The highest BCUT2D eigenvalue weighted by Gasteiger charge is 2.32. The van der Waals surface area contributed by atoms with Gasteiger partial charge in [-0.2, -0.15) is 0 Å². The second-order valence-electron chi connectivity index (χ2n) is 6.48. The van der Waals surface area contributed by atoms with Crippen LogP contribution in [-0.2, 0) is 27.3 Å². The number of phenolic OH excluding ortho intramolecular Hbond substituents is 1. The van der Waals surface area contributed by atoms with E-state index in [0.29, 0.717) is 36.3 Å². The molecule has 0 radical (unpaired) electrons. The van der Waals surface area contributed by atoms with Crippen LogP contribution in [0.4, 0.5) is 0 Å². The van der Waals surface area contributed by atoms with Crippen LogP contribution in [0.15, 0.2) is 11.6 Å². The maximum absolute atomic E-state index is 11.9. The normalized spacial score (nSPS) is 20.1. The standard InChI is InChI=1S/C19H22O6/c1-10(12-6-7-24-15(20)8-12)4-5-13-17(21)16-14(9-25-19(16)22)11(2)18(13)23-3/h4,12,21H,5-9H2,1-3H3/b10-4+. The number of aromatic hydroxyl groups is 1. The van der Waals surface area contributed by atoms with Gasteiger partial charge in [-0.3, -0.25) is 4.79 Å². The summed E-state index contributed by atoms with van der Waals surface area (Å²) in [5.41, 5.74) is 3.36. The molecule has 0 saturated carbocycles. The molecule has 1 fully saturated rings. The number of carbonyl (C=O) groups excluding carboxylic acids is 2. The van der Waals surface area contributed by atoms with Crippen molar-refractivity contribution in [2.45, 2.75) is 39.7 Å². The van der Waals surface area contributed by atoms with Crippen molar-refractivity contribution in [3.63, 3.8) is 0 Å². The summed E-state index contributed by atoms with van der Waals surface area (Å²) in [6.45, 7) is 4.42. The van der Waals surface area contributed by atoms with Crippen molar-refractivity contribution in [2.75, 3.05) is 13.7 Å². The first-order valence-corrected chi connectivity index (χ1v) is 8.34. The van der Waals surface area contributed by atoms with Gasteiger partial charge in [0.1, 0.15) is 23.7 Å². The SMILES string of the molecule is COc1c(C)c2c(c(O)c1C/C=C(\C)C1CCOC(=O)C1)C(=O)OC2. The van der Waals surface area contributed by atoms with E-state index in [4.69, 9.17) is 14.2 Å². The molecule has 6 nitrogen and oxygen atoms in total. The zero-order chi connectivity index (χ0) is 18.1. The molecule has 1 saturated heterocycles. The summed E-state index contributed by atoms with van der Waals surface area (Å²) in [5, 5.41) is 10.6. The predicted molar refractivity (Wildman–Crippen MR) is 89.7 cm³/mol. The minimum Gasteiger partial charge on any atom is -0.507 e. The monoisotopic (exact) mass is 346 g/mol. The zero-order valence-corrected chi connectivity index (χ0v) is 14.7. The summed E-state index contributed by atoms with van der Waals surface area (Å²) in [7, 11) is 1.54. The van der Waals surface area contributed by atoms with Gasteiger partial charge in [0, 0.05) is 11.1 Å². The van der Waals surface area contributed by atoms with E-state index >= 15 is 0 Å². The largest absolute Gasteiger partial charge is 0.507 e. The second kappa shape index (κ2) is 6.78. The van der Waals surface area contributed by atoms with Crippen LogP contribution < -0.4 is 4.74 Å². The average Bonchev–Trinajstić information content (AvgIpc) is 2.98. The van der Waals surface area contributed by atoms with Crippen molar-refractivity contribution in [1.82, 2.24) is 0 Å². The maximum Gasteiger partial charge on any atom is 0.342 e. The highest BCUT2D eigenvalue weighted by atomic mass is 16.5. The topological polar surface area (TPSA) is 82.1 Å². The Morgan fingerprint density at radius 2 is 2.12 bits per heavy atom. The molecule has 1 atom stereocenters. The summed E-state index contributed by atoms with van der Waals surface area (Å²) in [4.78, 5) is 23.4. The smallest absolute Gasteiger partial charge is 0.342 e. The van der Waals surface area contributed by atoms with E-state index in [-0.39, 0.29) is 29.8 Å². The zero-order valence-electron chi connectivity index (χ0n) is 14.7. The molecule has 0 bridgehead atoms. The van der Waals surface area contributed by atoms with Crippen LogP contribution in [0.2, 0.25) is 0 Å². The number of allylic oxidation sites excluding steroid dienone is 2. The molecule has 0 spiro atoms. The molecule has 2 heterocycles. The molecule has 0 aliphatic carbocycles. The number of esters is 2. The Morgan fingerprint density at radius 3 is 2.80 bits per heavy atom. The van der Waals surface area contributed by atoms with E-state index in [1.807, 2.05) is 19.9 Å². The summed E-state index contributed by atoms with van der Waals surface area (Å²) in [5.74, 6) is -0.0423. The number of fused-ring (bicyclic) bond motifs is 1. The summed E-state index contributed by atoms with van der Waals surface area (Å²) in [6, 6.07) is 0. The number of hydrogen-bond acceptors (Lipinski definition) is 6. The van der Waals surface area contributed by atoms with E-state index in [1.165, 1.54) is 0 Å². The molecule has 2 aliphatic rings. The van der Waals surface area contributed by atoms with Crippen molar-refractivity contribution in [3.05, 3.63) is 33.9 Å². The van der Waals surface area contributed by atoms with E-state index in [9.17, 15) is 14.7 Å². The van der Waals surface area contributed by atoms with Gasteiger partial charge in [-0.15, -0.1) is 0 Å². The number of benzene rings is 1. The molecular formula is C19H22O6. The van der Waals surface area contributed by atoms with Crippen LogP contribution >= 0.6 is 0 Å². The van der Waals surface area contributed by atoms with Gasteiger partial charge in [0.2, 0.25) is 0 Å². The number of phenols is 1. The van der Waals surface area contributed by atoms with Crippen molar-refractivity contribution in [1.29, 1.82) is 0 Å². The third-order valence-electron chi connectivity index (χ3n) is 5.06. The summed E-state index contributed by atoms with van der Waals surface area (Å²) < 4.78 is 15.5. The quantitative estimate of drug-likeness (QED) is 0.667. The van der Waals surface area contributed by atoms with Gasteiger partial charge in [0.15, 0.2) is 0 Å². The van der Waals surface area contributed by atoms with Crippen LogP contribution in [0.25, 0.3) is 0 Å². The number of hydrogen-bond donors (Lipinski definition) is 1. The minimum absolute atomic E-state index is 0.0768. The van der Waals surface area contributed by atoms with Crippen molar-refractivity contribution >= 4 is 11.9 Å². The lowest BCUT2D eigenvalue weighted by atomic mass is 9.90. The first kappa shape index (κ1) is 17.3.